The third-order valence-corrected chi connectivity index (χ3v) is 2.31. The molecule has 3 nitrogen and oxygen atoms in total. The van der Waals surface area contributed by atoms with Gasteiger partial charge in [0.1, 0.15) is 6.10 Å². The molecule has 1 aliphatic heterocycles. The maximum absolute atomic E-state index is 9.30. The Labute approximate surface area is 73.0 Å². The maximum Gasteiger partial charge on any atom is 0.143 e. The molecule has 12 heavy (non-hydrogen) atoms. The summed E-state index contributed by atoms with van der Waals surface area (Å²) < 4.78 is 5.47. The van der Waals surface area contributed by atoms with Gasteiger partial charge < -0.3 is 9.84 Å². The molecule has 0 spiro atoms. The minimum absolute atomic E-state index is 0.0822. The Balaban J connectivity index is 2.53. The molecule has 1 fully saturated rings. The lowest BCUT2D eigenvalue weighted by Gasteiger charge is -2.35. The van der Waals surface area contributed by atoms with Crippen LogP contribution in [-0.2, 0) is 4.74 Å². The van der Waals surface area contributed by atoms with Crippen LogP contribution >= 0.6 is 0 Å². The molecular formula is C9H15NO2. The SMILES string of the molecule is CC1(C)CC(C(O)C#N)CCO1. The Morgan fingerprint density at radius 3 is 2.83 bits per heavy atom. The van der Waals surface area contributed by atoms with Crippen LogP contribution in [0.2, 0.25) is 0 Å². The predicted molar refractivity (Wildman–Crippen MR) is 44.4 cm³/mol. The van der Waals surface area contributed by atoms with E-state index in [2.05, 4.69) is 0 Å². The van der Waals surface area contributed by atoms with Crippen LogP contribution < -0.4 is 0 Å². The molecule has 0 radical (unpaired) electrons. The van der Waals surface area contributed by atoms with Crippen molar-refractivity contribution in [1.29, 1.82) is 5.26 Å². The number of rotatable bonds is 1. The summed E-state index contributed by atoms with van der Waals surface area (Å²) in [5.41, 5.74) is -0.180. The number of nitrogens with zero attached hydrogens (tertiary/aromatic N) is 1. The molecule has 1 aliphatic rings. The molecule has 0 saturated carbocycles. The fraction of sp³-hybridized carbons (Fsp3) is 0.889. The van der Waals surface area contributed by atoms with Crippen molar-refractivity contribution in [2.24, 2.45) is 5.92 Å². The summed E-state index contributed by atoms with van der Waals surface area (Å²) in [6.45, 7) is 4.63. The van der Waals surface area contributed by atoms with Crippen molar-refractivity contribution in [3.8, 4) is 6.07 Å². The van der Waals surface area contributed by atoms with E-state index < -0.39 is 6.10 Å². The summed E-state index contributed by atoms with van der Waals surface area (Å²) in [7, 11) is 0. The highest BCUT2D eigenvalue weighted by molar-refractivity contribution is 4.92. The summed E-state index contributed by atoms with van der Waals surface area (Å²) >= 11 is 0. The van der Waals surface area contributed by atoms with Gasteiger partial charge in [-0.3, -0.25) is 0 Å². The molecule has 1 saturated heterocycles. The monoisotopic (exact) mass is 169 g/mol. The van der Waals surface area contributed by atoms with Gasteiger partial charge in [-0.05, 0) is 26.7 Å². The molecule has 1 heterocycles. The molecule has 0 aromatic carbocycles. The Kier molecular flexibility index (Phi) is 2.71. The summed E-state index contributed by atoms with van der Waals surface area (Å²) in [5, 5.41) is 17.8. The molecule has 0 amide bonds. The third kappa shape index (κ3) is 2.20. The van der Waals surface area contributed by atoms with E-state index in [1.54, 1.807) is 0 Å². The normalized spacial score (nSPS) is 30.7. The van der Waals surface area contributed by atoms with Gasteiger partial charge in [0.25, 0.3) is 0 Å². The Hall–Kier alpha value is -0.590. The highest BCUT2D eigenvalue weighted by Gasteiger charge is 2.32. The molecule has 0 aromatic heterocycles. The van der Waals surface area contributed by atoms with E-state index in [1.807, 2.05) is 19.9 Å². The summed E-state index contributed by atoms with van der Waals surface area (Å²) in [6, 6.07) is 1.87. The van der Waals surface area contributed by atoms with Crippen LogP contribution in [-0.4, -0.2) is 23.4 Å². The number of aliphatic hydroxyl groups is 1. The lowest BCUT2D eigenvalue weighted by atomic mass is 9.85. The molecule has 1 rings (SSSR count). The van der Waals surface area contributed by atoms with Gasteiger partial charge in [-0.2, -0.15) is 5.26 Å². The average molecular weight is 169 g/mol. The first-order chi connectivity index (χ1) is 5.55. The van der Waals surface area contributed by atoms with Gasteiger partial charge in [-0.25, -0.2) is 0 Å². The van der Waals surface area contributed by atoms with Crippen LogP contribution in [0.1, 0.15) is 26.7 Å². The minimum atomic E-state index is -0.826. The zero-order valence-corrected chi connectivity index (χ0v) is 7.58. The molecule has 0 bridgehead atoms. The molecule has 2 unspecified atom stereocenters. The lowest BCUT2D eigenvalue weighted by molar-refractivity contribution is -0.0878. The lowest BCUT2D eigenvalue weighted by Crippen LogP contribution is -2.38. The van der Waals surface area contributed by atoms with Gasteiger partial charge in [0, 0.05) is 12.5 Å². The van der Waals surface area contributed by atoms with E-state index in [-0.39, 0.29) is 11.5 Å². The highest BCUT2D eigenvalue weighted by Crippen LogP contribution is 2.30. The molecule has 0 aromatic rings. The second kappa shape index (κ2) is 3.42. The number of ether oxygens (including phenoxy) is 1. The third-order valence-electron chi connectivity index (χ3n) is 2.31. The molecule has 2 atom stereocenters. The number of hydrogen-bond acceptors (Lipinski definition) is 3. The van der Waals surface area contributed by atoms with Gasteiger partial charge in [0.05, 0.1) is 11.7 Å². The number of aliphatic hydroxyl groups excluding tert-OH is 1. The van der Waals surface area contributed by atoms with Gasteiger partial charge >= 0.3 is 0 Å². The van der Waals surface area contributed by atoms with Crippen LogP contribution in [0, 0.1) is 17.2 Å². The van der Waals surface area contributed by atoms with Crippen molar-refractivity contribution >= 4 is 0 Å². The Morgan fingerprint density at radius 2 is 2.33 bits per heavy atom. The zero-order valence-electron chi connectivity index (χ0n) is 7.58. The van der Waals surface area contributed by atoms with Crippen molar-refractivity contribution in [2.75, 3.05) is 6.61 Å². The van der Waals surface area contributed by atoms with Crippen molar-refractivity contribution in [2.45, 2.75) is 38.4 Å². The van der Waals surface area contributed by atoms with E-state index in [0.717, 1.165) is 12.8 Å². The van der Waals surface area contributed by atoms with Crippen molar-refractivity contribution in [3.63, 3.8) is 0 Å². The van der Waals surface area contributed by atoms with Crippen molar-refractivity contribution in [1.82, 2.24) is 0 Å². The fourth-order valence-corrected chi connectivity index (χ4v) is 1.65. The quantitative estimate of drug-likeness (QED) is 0.597. The van der Waals surface area contributed by atoms with E-state index in [4.69, 9.17) is 10.00 Å². The van der Waals surface area contributed by atoms with Crippen LogP contribution in [0.4, 0.5) is 0 Å². The first-order valence-corrected chi connectivity index (χ1v) is 4.27. The second-order valence-corrected chi connectivity index (χ2v) is 3.93. The van der Waals surface area contributed by atoms with E-state index in [0.29, 0.717) is 6.61 Å². The first-order valence-electron chi connectivity index (χ1n) is 4.27. The fourth-order valence-electron chi connectivity index (χ4n) is 1.65. The Bertz CT molecular complexity index is 195. The van der Waals surface area contributed by atoms with Crippen molar-refractivity contribution < 1.29 is 9.84 Å². The van der Waals surface area contributed by atoms with Crippen molar-refractivity contribution in [3.05, 3.63) is 0 Å². The van der Waals surface area contributed by atoms with E-state index in [9.17, 15) is 5.11 Å². The van der Waals surface area contributed by atoms with Crippen LogP contribution in [0.3, 0.4) is 0 Å². The molecule has 0 aliphatic carbocycles. The van der Waals surface area contributed by atoms with E-state index >= 15 is 0 Å². The number of hydrogen-bond donors (Lipinski definition) is 1. The van der Waals surface area contributed by atoms with Crippen LogP contribution in [0.15, 0.2) is 0 Å². The summed E-state index contributed by atoms with van der Waals surface area (Å²) in [6.07, 6.45) is 0.730. The Morgan fingerprint density at radius 1 is 1.67 bits per heavy atom. The van der Waals surface area contributed by atoms with Gasteiger partial charge in [0.2, 0.25) is 0 Å². The summed E-state index contributed by atoms with van der Waals surface area (Å²) in [4.78, 5) is 0. The maximum atomic E-state index is 9.30. The average Bonchev–Trinajstić information content (AvgIpc) is 2.01. The topological polar surface area (TPSA) is 53.2 Å². The second-order valence-electron chi connectivity index (χ2n) is 3.93. The summed E-state index contributed by atoms with van der Waals surface area (Å²) in [5.74, 6) is 0.0822. The van der Waals surface area contributed by atoms with Crippen LogP contribution in [0.25, 0.3) is 0 Å². The predicted octanol–water partition coefficient (Wildman–Crippen LogP) is 1.08. The first kappa shape index (κ1) is 9.50. The zero-order chi connectivity index (χ0) is 9.19. The largest absolute Gasteiger partial charge is 0.378 e. The molecule has 3 heteroatoms. The number of nitriles is 1. The highest BCUT2D eigenvalue weighted by atomic mass is 16.5. The molecule has 1 N–H and O–H groups in total. The van der Waals surface area contributed by atoms with Crippen LogP contribution in [0.5, 0.6) is 0 Å². The molecule has 68 valence electrons. The standard InChI is InChI=1S/C9H15NO2/c1-9(2)5-7(3-4-12-9)8(11)6-10/h7-8,11H,3-5H2,1-2H3. The van der Waals surface area contributed by atoms with E-state index in [1.165, 1.54) is 0 Å². The van der Waals surface area contributed by atoms with Gasteiger partial charge in [-0.1, -0.05) is 0 Å². The smallest absolute Gasteiger partial charge is 0.143 e. The van der Waals surface area contributed by atoms with Gasteiger partial charge in [-0.15, -0.1) is 0 Å². The van der Waals surface area contributed by atoms with Gasteiger partial charge in [0.15, 0.2) is 0 Å². The minimum Gasteiger partial charge on any atom is -0.378 e. The molecular weight excluding hydrogens is 154 g/mol.